The molecule has 0 saturated carbocycles. The van der Waals surface area contributed by atoms with Gasteiger partial charge in [-0.25, -0.2) is 4.98 Å². The Hall–Kier alpha value is -5.91. The maximum Gasteiger partial charge on any atom is 0.146 e. The summed E-state index contributed by atoms with van der Waals surface area (Å²) >= 11 is 0. The second-order valence-corrected chi connectivity index (χ2v) is 17.7. The third-order valence-corrected chi connectivity index (χ3v) is 14.9. The van der Waals surface area contributed by atoms with Crippen LogP contribution in [0.5, 0.6) is 0 Å². The van der Waals surface area contributed by atoms with Crippen LogP contribution in [0.3, 0.4) is 0 Å². The van der Waals surface area contributed by atoms with Crippen molar-refractivity contribution in [2.45, 2.75) is 0 Å². The highest BCUT2D eigenvalue weighted by molar-refractivity contribution is 7.80. The van der Waals surface area contributed by atoms with Gasteiger partial charge in [-0.2, -0.15) is 0 Å². The van der Waals surface area contributed by atoms with Gasteiger partial charge in [0.05, 0.1) is 16.6 Å². The minimum absolute atomic E-state index is 0.777. The van der Waals surface area contributed by atoms with E-state index in [1.165, 1.54) is 64.6 Å². The van der Waals surface area contributed by atoms with E-state index in [0.717, 1.165) is 16.7 Å². The molecule has 2 aromatic heterocycles. The molecule has 2 nitrogen and oxygen atoms in total. The lowest BCUT2D eigenvalue weighted by molar-refractivity contribution is 1.32. The van der Waals surface area contributed by atoms with E-state index in [4.69, 9.17) is 4.98 Å². The Morgan fingerprint density at radius 1 is 0.321 bits per heavy atom. The molecule has 0 aliphatic carbocycles. The van der Waals surface area contributed by atoms with Gasteiger partial charge in [-0.05, 0) is 88.4 Å². The standard InChI is InChI=1S/C49H34N2P2/c1-6-16-35(17-7-1)36-26-31-46-48(32-36)51-47-34-42(53(39-22-12-4-13-23-39)40-24-14-5-15-25-40)28-30-44(47)43-29-27-41(33-45(43)49(51)50-46)52(37-18-8-2-9-19-37)38-20-10-3-11-21-38/h1-34H. The zero-order chi connectivity index (χ0) is 35.1. The van der Waals surface area contributed by atoms with Gasteiger partial charge in [0.1, 0.15) is 5.65 Å². The normalized spacial score (nSPS) is 11.7. The first-order valence-electron chi connectivity index (χ1n) is 18.0. The van der Waals surface area contributed by atoms with E-state index in [9.17, 15) is 0 Å². The van der Waals surface area contributed by atoms with Crippen LogP contribution in [0.25, 0.3) is 49.5 Å². The number of pyridine rings is 1. The highest BCUT2D eigenvalue weighted by Crippen LogP contribution is 2.40. The molecule has 0 fully saturated rings. The number of hydrogen-bond donors (Lipinski definition) is 0. The van der Waals surface area contributed by atoms with Crippen LogP contribution in [0.1, 0.15) is 0 Å². The fourth-order valence-electron chi connectivity index (χ4n) is 7.68. The lowest BCUT2D eigenvalue weighted by Gasteiger charge is -2.21. The fourth-order valence-corrected chi connectivity index (χ4v) is 12.3. The molecule has 4 heteroatoms. The zero-order valence-electron chi connectivity index (χ0n) is 28.9. The summed E-state index contributed by atoms with van der Waals surface area (Å²) in [5.74, 6) is 0. The molecule has 0 atom stereocenters. The fraction of sp³-hybridized carbons (Fsp3) is 0. The van der Waals surface area contributed by atoms with E-state index in [-0.39, 0.29) is 0 Å². The number of benzene rings is 8. The predicted octanol–water partition coefficient (Wildman–Crippen LogP) is 9.98. The maximum absolute atomic E-state index is 5.44. The van der Waals surface area contributed by atoms with Crippen LogP contribution in [0.4, 0.5) is 0 Å². The summed E-state index contributed by atoms with van der Waals surface area (Å²) < 4.78 is 2.43. The molecule has 0 spiro atoms. The molecule has 0 aliphatic rings. The molecule has 10 aromatic rings. The van der Waals surface area contributed by atoms with Gasteiger partial charge in [0.2, 0.25) is 0 Å². The first kappa shape index (κ1) is 31.8. The minimum Gasteiger partial charge on any atom is -0.292 e. The molecular formula is C49H34N2P2. The van der Waals surface area contributed by atoms with Crippen molar-refractivity contribution in [3.8, 4) is 11.1 Å². The molecule has 0 amide bonds. The van der Waals surface area contributed by atoms with Crippen LogP contribution in [-0.4, -0.2) is 9.38 Å². The summed E-state index contributed by atoms with van der Waals surface area (Å²) in [5, 5.41) is 11.6. The smallest absolute Gasteiger partial charge is 0.146 e. The summed E-state index contributed by atoms with van der Waals surface area (Å²) in [6, 6.07) is 75.5. The monoisotopic (exact) mass is 712 g/mol. The van der Waals surface area contributed by atoms with Crippen LogP contribution >= 0.6 is 15.8 Å². The highest BCUT2D eigenvalue weighted by Gasteiger charge is 2.22. The number of aromatic nitrogens is 2. The zero-order valence-corrected chi connectivity index (χ0v) is 30.7. The second kappa shape index (κ2) is 13.6. The van der Waals surface area contributed by atoms with Crippen LogP contribution < -0.4 is 31.8 Å². The maximum atomic E-state index is 5.44. The van der Waals surface area contributed by atoms with Crippen molar-refractivity contribution in [2.75, 3.05) is 0 Å². The van der Waals surface area contributed by atoms with Crippen LogP contribution in [0.2, 0.25) is 0 Å². The van der Waals surface area contributed by atoms with E-state index in [2.05, 4.69) is 211 Å². The van der Waals surface area contributed by atoms with Gasteiger partial charge in [-0.15, -0.1) is 0 Å². The van der Waals surface area contributed by atoms with Crippen LogP contribution in [0, 0.1) is 0 Å². The van der Waals surface area contributed by atoms with Gasteiger partial charge in [0.15, 0.2) is 0 Å². The number of imidazole rings is 1. The SMILES string of the molecule is c1ccc(-c2ccc3nc4c5cc(P(c6ccccc6)c6ccccc6)ccc5c5ccc(P(c6ccccc6)c6ccccc6)cc5n4c3c2)cc1. The second-order valence-electron chi connectivity index (χ2n) is 13.3. The quantitative estimate of drug-likeness (QED) is 0.119. The Balaban J connectivity index is 1.28. The summed E-state index contributed by atoms with van der Waals surface area (Å²) in [5.41, 5.74) is 6.67. The van der Waals surface area contributed by atoms with Gasteiger partial charge in [-0.1, -0.05) is 182 Å². The molecule has 2 heterocycles. The Morgan fingerprint density at radius 2 is 0.792 bits per heavy atom. The molecule has 0 saturated heterocycles. The molecule has 0 aliphatic heterocycles. The Bertz CT molecular complexity index is 2800. The summed E-state index contributed by atoms with van der Waals surface area (Å²) in [4.78, 5) is 5.44. The molecule has 53 heavy (non-hydrogen) atoms. The number of hydrogen-bond acceptors (Lipinski definition) is 1. The van der Waals surface area contributed by atoms with E-state index in [0.29, 0.717) is 0 Å². The molecular weight excluding hydrogens is 679 g/mol. The largest absolute Gasteiger partial charge is 0.292 e. The third kappa shape index (κ3) is 5.73. The number of fused-ring (bicyclic) bond motifs is 8. The van der Waals surface area contributed by atoms with Crippen LogP contribution in [-0.2, 0) is 0 Å². The molecule has 0 radical (unpaired) electrons. The first-order valence-corrected chi connectivity index (χ1v) is 20.7. The van der Waals surface area contributed by atoms with E-state index >= 15 is 0 Å². The van der Waals surface area contributed by atoms with Gasteiger partial charge < -0.3 is 0 Å². The van der Waals surface area contributed by atoms with Gasteiger partial charge in [-0.3, -0.25) is 4.40 Å². The van der Waals surface area contributed by atoms with Gasteiger partial charge >= 0.3 is 0 Å². The molecule has 0 unspecified atom stereocenters. The molecule has 250 valence electrons. The van der Waals surface area contributed by atoms with Crippen molar-refractivity contribution in [2.24, 2.45) is 0 Å². The van der Waals surface area contributed by atoms with Crippen molar-refractivity contribution in [3.63, 3.8) is 0 Å². The Morgan fingerprint density at radius 3 is 1.32 bits per heavy atom. The lowest BCUT2D eigenvalue weighted by atomic mass is 10.0. The molecule has 10 rings (SSSR count). The minimum atomic E-state index is -0.785. The van der Waals surface area contributed by atoms with Crippen molar-refractivity contribution < 1.29 is 0 Å². The van der Waals surface area contributed by atoms with Gasteiger partial charge in [0.25, 0.3) is 0 Å². The van der Waals surface area contributed by atoms with E-state index in [1.54, 1.807) is 0 Å². The lowest BCUT2D eigenvalue weighted by Crippen LogP contribution is -2.21. The number of nitrogens with zero attached hydrogens (tertiary/aromatic N) is 2. The predicted molar refractivity (Wildman–Crippen MR) is 231 cm³/mol. The summed E-state index contributed by atoms with van der Waals surface area (Å²) in [7, 11) is -1.56. The Kier molecular flexibility index (Phi) is 8.14. The molecule has 8 aromatic carbocycles. The van der Waals surface area contributed by atoms with E-state index in [1.807, 2.05) is 0 Å². The van der Waals surface area contributed by atoms with E-state index < -0.39 is 15.8 Å². The third-order valence-electron chi connectivity index (χ3n) is 10.1. The average molecular weight is 713 g/mol. The molecule has 0 bridgehead atoms. The summed E-state index contributed by atoms with van der Waals surface area (Å²) in [6.45, 7) is 0. The van der Waals surface area contributed by atoms with Crippen molar-refractivity contribution in [1.82, 2.24) is 9.38 Å². The first-order chi connectivity index (χ1) is 26.3. The Labute approximate surface area is 311 Å². The molecule has 0 N–H and O–H groups in total. The topological polar surface area (TPSA) is 17.3 Å². The van der Waals surface area contributed by atoms with Crippen molar-refractivity contribution in [3.05, 3.63) is 206 Å². The van der Waals surface area contributed by atoms with Gasteiger partial charge in [0, 0.05) is 10.8 Å². The van der Waals surface area contributed by atoms with Crippen LogP contribution in [0.15, 0.2) is 206 Å². The highest BCUT2D eigenvalue weighted by atomic mass is 31.1. The summed E-state index contributed by atoms with van der Waals surface area (Å²) in [6.07, 6.45) is 0. The van der Waals surface area contributed by atoms with Crippen molar-refractivity contribution >= 4 is 86.0 Å². The van der Waals surface area contributed by atoms with Crippen molar-refractivity contribution in [1.29, 1.82) is 0 Å². The average Bonchev–Trinajstić information content (AvgIpc) is 3.63. The number of rotatable bonds is 7.